The molecule has 2 heterocycles. The number of benzene rings is 4. The smallest absolute Gasteiger partial charge is 0.387 e. The lowest BCUT2D eigenvalue weighted by atomic mass is 10.1. The lowest BCUT2D eigenvalue weighted by molar-refractivity contribution is -0.141. The van der Waals surface area contributed by atoms with Gasteiger partial charge in [0.1, 0.15) is 29.0 Å². The maximum Gasteiger partial charge on any atom is 0.387 e. The third-order valence-corrected chi connectivity index (χ3v) is 10.5. The van der Waals surface area contributed by atoms with Crippen LogP contribution >= 0.6 is 0 Å². The largest absolute Gasteiger partial charge is 0.497 e. The monoisotopic (exact) mass is 934 g/mol. The van der Waals surface area contributed by atoms with Crippen molar-refractivity contribution in [2.75, 3.05) is 14.2 Å². The molecule has 2 atom stereocenters. The summed E-state index contributed by atoms with van der Waals surface area (Å²) in [4.78, 5) is 73.7. The van der Waals surface area contributed by atoms with E-state index in [-0.39, 0.29) is 47.8 Å². The number of halogens is 4. The highest BCUT2D eigenvalue weighted by Gasteiger charge is 2.25. The first-order valence-electron chi connectivity index (χ1n) is 20.3. The Bertz CT molecular complexity index is 2810. The molecule has 0 aliphatic carbocycles. The number of carboxylic acid groups (broad SMARTS) is 2. The molecule has 354 valence electrons. The van der Waals surface area contributed by atoms with Crippen LogP contribution in [0.15, 0.2) is 84.9 Å². The van der Waals surface area contributed by atoms with Crippen LogP contribution in [0.5, 0.6) is 23.0 Å². The summed E-state index contributed by atoms with van der Waals surface area (Å²) in [6.07, 6.45) is -0.459. The number of rotatable bonds is 17. The zero-order valence-electron chi connectivity index (χ0n) is 36.9. The molecule has 4 aromatic carbocycles. The zero-order valence-corrected chi connectivity index (χ0v) is 36.9. The molecule has 2 unspecified atom stereocenters. The summed E-state index contributed by atoms with van der Waals surface area (Å²) in [6.45, 7) is 0.360. The average Bonchev–Trinajstić information content (AvgIpc) is 3.69. The van der Waals surface area contributed by atoms with Gasteiger partial charge in [-0.2, -0.15) is 17.6 Å². The van der Waals surface area contributed by atoms with E-state index in [0.29, 0.717) is 55.8 Å². The summed E-state index contributed by atoms with van der Waals surface area (Å²) < 4.78 is 71.7. The molecule has 0 radical (unpaired) electrons. The van der Waals surface area contributed by atoms with Crippen LogP contribution in [0.3, 0.4) is 0 Å². The van der Waals surface area contributed by atoms with Crippen molar-refractivity contribution in [2.24, 2.45) is 0 Å². The van der Waals surface area contributed by atoms with Crippen LogP contribution in [0.4, 0.5) is 17.6 Å². The van der Waals surface area contributed by atoms with Crippen molar-refractivity contribution in [3.8, 4) is 23.0 Å². The molecule has 6 aromatic rings. The standard InChI is InChI=1S/C24H24F2N2O6.C23H22F2N2O6/c1-13(10-22(30)31)27-21(29)12-18-14(2)28(20-9-8-17(33-3)11-19(18)20)23(32)15-4-6-16(7-5-15)34-24(25)26;1-12(22(30)31)26-20(28)11-17-13(2)27(19-9-8-16(32-3)10-18(17)19)21(29)14-4-6-15(7-5-14)33-23(24)25/h4-9,11,13,24H,10,12H2,1-3H3,(H,27,29)(H,30,31);4-10,12,23H,11H2,1-3H3,(H,26,28)(H,30,31). The summed E-state index contributed by atoms with van der Waals surface area (Å²) in [6, 6.07) is 19.1. The van der Waals surface area contributed by atoms with Crippen LogP contribution in [-0.4, -0.2) is 94.4 Å². The minimum Gasteiger partial charge on any atom is -0.497 e. The van der Waals surface area contributed by atoms with E-state index in [1.54, 1.807) is 57.2 Å². The van der Waals surface area contributed by atoms with E-state index < -0.39 is 55.0 Å². The molecule has 16 nitrogen and oxygen atoms in total. The van der Waals surface area contributed by atoms with Crippen molar-refractivity contribution in [1.82, 2.24) is 19.8 Å². The Hall–Kier alpha value is -7.90. The van der Waals surface area contributed by atoms with E-state index in [9.17, 15) is 46.3 Å². The van der Waals surface area contributed by atoms with Crippen LogP contribution < -0.4 is 29.6 Å². The van der Waals surface area contributed by atoms with Gasteiger partial charge in [0, 0.05) is 39.3 Å². The number of carbonyl (C=O) groups is 6. The molecule has 2 aromatic heterocycles. The number of ether oxygens (including phenoxy) is 4. The van der Waals surface area contributed by atoms with Gasteiger partial charge in [-0.1, -0.05) is 0 Å². The summed E-state index contributed by atoms with van der Waals surface area (Å²) in [7, 11) is 2.99. The van der Waals surface area contributed by atoms with Crippen molar-refractivity contribution < 1.29 is 75.5 Å². The molecule has 6 rings (SSSR count). The number of aromatic nitrogens is 2. The van der Waals surface area contributed by atoms with Gasteiger partial charge in [0.05, 0.1) is 44.5 Å². The highest BCUT2D eigenvalue weighted by molar-refractivity contribution is 6.06. The second kappa shape index (κ2) is 21.9. The number of amides is 2. The second-order valence-electron chi connectivity index (χ2n) is 15.0. The fourth-order valence-electron chi connectivity index (χ4n) is 7.28. The Morgan fingerprint density at radius 1 is 0.582 bits per heavy atom. The average molecular weight is 935 g/mol. The zero-order chi connectivity index (χ0) is 49.3. The lowest BCUT2D eigenvalue weighted by Crippen LogP contribution is -2.39. The van der Waals surface area contributed by atoms with Crippen molar-refractivity contribution in [1.29, 1.82) is 0 Å². The fourth-order valence-corrected chi connectivity index (χ4v) is 7.28. The van der Waals surface area contributed by atoms with Gasteiger partial charge in [-0.05, 0) is 124 Å². The van der Waals surface area contributed by atoms with Gasteiger partial charge in [-0.15, -0.1) is 0 Å². The normalized spacial score (nSPS) is 11.9. The number of carboxylic acids is 2. The Kier molecular flexibility index (Phi) is 16.3. The third-order valence-electron chi connectivity index (χ3n) is 10.5. The van der Waals surface area contributed by atoms with Gasteiger partial charge in [-0.3, -0.25) is 37.9 Å². The van der Waals surface area contributed by atoms with E-state index >= 15 is 0 Å². The Morgan fingerprint density at radius 2 is 0.955 bits per heavy atom. The van der Waals surface area contributed by atoms with Crippen molar-refractivity contribution in [3.63, 3.8) is 0 Å². The number of nitrogens with one attached hydrogen (secondary N) is 2. The molecule has 0 saturated heterocycles. The van der Waals surface area contributed by atoms with Gasteiger partial charge < -0.3 is 39.8 Å². The number of aliphatic carboxylic acids is 2. The highest BCUT2D eigenvalue weighted by Crippen LogP contribution is 2.33. The van der Waals surface area contributed by atoms with Crippen LogP contribution in [0.25, 0.3) is 21.8 Å². The summed E-state index contributed by atoms with van der Waals surface area (Å²) in [5.41, 5.74) is 3.63. The first kappa shape index (κ1) is 50.1. The molecule has 0 bridgehead atoms. The maximum absolute atomic E-state index is 13.3. The van der Waals surface area contributed by atoms with Crippen LogP contribution in [0.2, 0.25) is 0 Å². The molecular weight excluding hydrogens is 889 g/mol. The molecule has 0 spiro atoms. The lowest BCUT2D eigenvalue weighted by Gasteiger charge is -2.12. The predicted molar refractivity (Wildman–Crippen MR) is 235 cm³/mol. The van der Waals surface area contributed by atoms with Crippen molar-refractivity contribution >= 4 is 57.4 Å². The van der Waals surface area contributed by atoms with E-state index in [1.807, 2.05) is 0 Å². The van der Waals surface area contributed by atoms with Gasteiger partial charge >= 0.3 is 25.2 Å². The van der Waals surface area contributed by atoms with Gasteiger partial charge in [0.2, 0.25) is 11.8 Å². The van der Waals surface area contributed by atoms with E-state index in [2.05, 4.69) is 20.1 Å². The minimum absolute atomic E-state index is 0.0711. The van der Waals surface area contributed by atoms with E-state index in [4.69, 9.17) is 19.7 Å². The molecule has 0 saturated carbocycles. The highest BCUT2D eigenvalue weighted by atomic mass is 19.3. The number of carbonyl (C=O) groups excluding carboxylic acids is 4. The van der Waals surface area contributed by atoms with Gasteiger partial charge in [0.25, 0.3) is 11.8 Å². The first-order chi connectivity index (χ1) is 31.7. The molecule has 0 fully saturated rings. The number of fused-ring (bicyclic) bond motifs is 2. The quantitative estimate of drug-likeness (QED) is 0.0672. The summed E-state index contributed by atoms with van der Waals surface area (Å²) in [5, 5.41) is 24.2. The molecule has 4 N–H and O–H groups in total. The number of nitrogens with zero attached hydrogens (tertiary/aromatic N) is 2. The van der Waals surface area contributed by atoms with E-state index in [1.165, 1.54) is 78.8 Å². The summed E-state index contributed by atoms with van der Waals surface area (Å²) in [5.74, 6) is -3.05. The second-order valence-corrected chi connectivity index (χ2v) is 15.0. The van der Waals surface area contributed by atoms with Gasteiger partial charge in [0.15, 0.2) is 0 Å². The molecule has 0 aliphatic rings. The van der Waals surface area contributed by atoms with Crippen molar-refractivity contribution in [2.45, 2.75) is 72.3 Å². The first-order valence-corrected chi connectivity index (χ1v) is 20.3. The molecule has 67 heavy (non-hydrogen) atoms. The van der Waals surface area contributed by atoms with Crippen LogP contribution in [0.1, 0.15) is 63.5 Å². The summed E-state index contributed by atoms with van der Waals surface area (Å²) >= 11 is 0. The Labute approximate surface area is 380 Å². The topological polar surface area (TPSA) is 214 Å². The van der Waals surface area contributed by atoms with E-state index in [0.717, 1.165) is 0 Å². The molecular formula is C47H46F4N4O12. The third kappa shape index (κ3) is 12.3. The van der Waals surface area contributed by atoms with Crippen molar-refractivity contribution in [3.05, 3.63) is 119 Å². The Balaban J connectivity index is 0.000000251. The number of methoxy groups -OCH3 is 2. The number of hydrogen-bond acceptors (Lipinski definition) is 10. The number of hydrogen-bond donors (Lipinski definition) is 4. The van der Waals surface area contributed by atoms with Crippen LogP contribution in [0, 0.1) is 13.8 Å². The Morgan fingerprint density at radius 3 is 1.30 bits per heavy atom. The van der Waals surface area contributed by atoms with Crippen LogP contribution in [-0.2, 0) is 32.0 Å². The predicted octanol–water partition coefficient (Wildman–Crippen LogP) is 7.15. The fraction of sp³-hybridized carbons (Fsp3) is 0.277. The molecule has 0 aliphatic heterocycles. The minimum atomic E-state index is -2.98. The van der Waals surface area contributed by atoms with Gasteiger partial charge in [-0.25, -0.2) is 0 Å². The SMILES string of the molecule is COc1ccc2c(c1)c(CC(=O)NC(C)C(=O)O)c(C)n2C(=O)c1ccc(OC(F)F)cc1.COc1ccc2c(c1)c(CC(=O)NC(C)CC(=O)O)c(C)n2C(=O)c1ccc(OC(F)F)cc1. The maximum atomic E-state index is 13.3. The molecule has 2 amide bonds. The number of alkyl halides is 4. The molecule has 20 heteroatoms.